The van der Waals surface area contributed by atoms with Gasteiger partial charge < -0.3 is 4.42 Å². The van der Waals surface area contributed by atoms with Crippen LogP contribution in [-0.2, 0) is 16.6 Å². The molecule has 2 N–H and O–H groups in total. The molecule has 1 fully saturated rings. The molecule has 0 unspecified atom stereocenters. The number of nitrogens with zero attached hydrogens (tertiary/aromatic N) is 2. The molecule has 1 aliphatic heterocycles. The van der Waals surface area contributed by atoms with Crippen LogP contribution in [0.1, 0.15) is 30.2 Å². The summed E-state index contributed by atoms with van der Waals surface area (Å²) >= 11 is 0. The Morgan fingerprint density at radius 3 is 2.79 bits per heavy atom. The second kappa shape index (κ2) is 5.60. The van der Waals surface area contributed by atoms with E-state index in [1.807, 2.05) is 13.8 Å². The highest BCUT2D eigenvalue weighted by Crippen LogP contribution is 2.20. The van der Waals surface area contributed by atoms with E-state index < -0.39 is 10.0 Å². The van der Waals surface area contributed by atoms with E-state index >= 15 is 0 Å². The summed E-state index contributed by atoms with van der Waals surface area (Å²) in [6, 6.07) is 0. The van der Waals surface area contributed by atoms with E-state index in [0.29, 0.717) is 12.4 Å². The van der Waals surface area contributed by atoms with E-state index in [1.54, 1.807) is 0 Å². The molecule has 1 saturated heterocycles. The summed E-state index contributed by atoms with van der Waals surface area (Å²) in [6.07, 6.45) is 1.90. The maximum atomic E-state index is 11.1. The molecule has 0 bridgehead atoms. The minimum Gasteiger partial charge on any atom is -0.444 e. The van der Waals surface area contributed by atoms with Crippen molar-refractivity contribution in [3.05, 3.63) is 17.3 Å². The van der Waals surface area contributed by atoms with Gasteiger partial charge in [0.25, 0.3) is 0 Å². The number of aryl methyl sites for hydroxylation is 2. The molecule has 108 valence electrons. The predicted molar refractivity (Wildman–Crippen MR) is 72.0 cm³/mol. The zero-order chi connectivity index (χ0) is 14.0. The Morgan fingerprint density at radius 1 is 1.47 bits per heavy atom. The summed E-state index contributed by atoms with van der Waals surface area (Å²) in [6.45, 7) is 6.13. The molecule has 0 spiro atoms. The predicted octanol–water partition coefficient (Wildman–Crippen LogP) is 0.792. The normalized spacial score (nSPS) is 21.7. The molecule has 1 aliphatic rings. The number of primary sulfonamides is 1. The van der Waals surface area contributed by atoms with E-state index in [4.69, 9.17) is 9.56 Å². The number of rotatable bonds is 4. The van der Waals surface area contributed by atoms with Crippen LogP contribution in [0.2, 0.25) is 0 Å². The Morgan fingerprint density at radius 2 is 2.21 bits per heavy atom. The number of hydrogen-bond donors (Lipinski definition) is 1. The van der Waals surface area contributed by atoms with Crippen LogP contribution in [0.4, 0.5) is 0 Å². The first-order chi connectivity index (χ1) is 8.83. The van der Waals surface area contributed by atoms with Gasteiger partial charge in [-0.15, -0.1) is 0 Å². The van der Waals surface area contributed by atoms with Crippen molar-refractivity contribution in [2.75, 3.05) is 18.8 Å². The van der Waals surface area contributed by atoms with Gasteiger partial charge in [0.2, 0.25) is 15.9 Å². The van der Waals surface area contributed by atoms with Crippen LogP contribution in [0.15, 0.2) is 4.42 Å². The van der Waals surface area contributed by atoms with Gasteiger partial charge in [-0.25, -0.2) is 18.5 Å². The number of hydrogen-bond acceptors (Lipinski definition) is 5. The average molecular weight is 287 g/mol. The number of aromatic nitrogens is 1. The molecule has 0 saturated carbocycles. The van der Waals surface area contributed by atoms with E-state index in [1.165, 1.54) is 0 Å². The third-order valence-corrected chi connectivity index (χ3v) is 4.44. The highest BCUT2D eigenvalue weighted by molar-refractivity contribution is 7.89. The van der Waals surface area contributed by atoms with Crippen molar-refractivity contribution in [3.8, 4) is 0 Å². The van der Waals surface area contributed by atoms with Crippen LogP contribution < -0.4 is 5.14 Å². The molecule has 6 nitrogen and oxygen atoms in total. The summed E-state index contributed by atoms with van der Waals surface area (Å²) in [7, 11) is -3.39. The van der Waals surface area contributed by atoms with Gasteiger partial charge in [0.05, 0.1) is 18.0 Å². The van der Waals surface area contributed by atoms with Gasteiger partial charge >= 0.3 is 0 Å². The molecule has 0 aromatic carbocycles. The first kappa shape index (κ1) is 14.5. The quantitative estimate of drug-likeness (QED) is 0.884. The maximum absolute atomic E-state index is 11.1. The van der Waals surface area contributed by atoms with Crippen LogP contribution in [-0.4, -0.2) is 37.1 Å². The molecular formula is C12H21N3O3S. The van der Waals surface area contributed by atoms with Gasteiger partial charge in [0.1, 0.15) is 5.76 Å². The third kappa shape index (κ3) is 4.29. The van der Waals surface area contributed by atoms with Crippen molar-refractivity contribution in [2.45, 2.75) is 33.2 Å². The fourth-order valence-electron chi connectivity index (χ4n) is 2.56. The number of piperidine rings is 1. The number of nitrogens with two attached hydrogens (primary N) is 1. The zero-order valence-corrected chi connectivity index (χ0v) is 12.2. The standard InChI is InChI=1S/C12H21N3O3S/c1-9-10(2)18-12(14-9)7-15-5-3-4-11(6-15)8-19(13,16)17/h11H,3-8H2,1-2H3,(H2,13,16,17)/t11-/m1/s1. The number of likely N-dealkylation sites (tertiary alicyclic amines) is 1. The SMILES string of the molecule is Cc1nc(CN2CCC[C@@H](CS(N)(=O)=O)C2)oc1C. The summed E-state index contributed by atoms with van der Waals surface area (Å²) in [5.41, 5.74) is 0.910. The molecule has 1 aromatic rings. The Labute approximate surface area is 114 Å². The van der Waals surface area contributed by atoms with Gasteiger partial charge in [-0.2, -0.15) is 0 Å². The molecular weight excluding hydrogens is 266 g/mol. The van der Waals surface area contributed by atoms with Crippen LogP contribution in [0.3, 0.4) is 0 Å². The second-order valence-corrected chi connectivity index (χ2v) is 6.98. The maximum Gasteiger partial charge on any atom is 0.209 e. The lowest BCUT2D eigenvalue weighted by molar-refractivity contribution is 0.163. The third-order valence-electron chi connectivity index (χ3n) is 3.50. The summed E-state index contributed by atoms with van der Waals surface area (Å²) in [5.74, 6) is 1.72. The van der Waals surface area contributed by atoms with Crippen molar-refractivity contribution >= 4 is 10.0 Å². The summed E-state index contributed by atoms with van der Waals surface area (Å²) < 4.78 is 27.8. The van der Waals surface area contributed by atoms with Crippen molar-refractivity contribution in [3.63, 3.8) is 0 Å². The first-order valence-corrected chi connectivity index (χ1v) is 8.21. The molecule has 2 heterocycles. The van der Waals surface area contributed by atoms with Gasteiger partial charge in [-0.05, 0) is 39.2 Å². The fourth-order valence-corrected chi connectivity index (χ4v) is 3.49. The lowest BCUT2D eigenvalue weighted by atomic mass is 10.0. The molecule has 0 aliphatic carbocycles. The van der Waals surface area contributed by atoms with E-state index in [9.17, 15) is 8.42 Å². The van der Waals surface area contributed by atoms with Crippen LogP contribution in [0.25, 0.3) is 0 Å². The summed E-state index contributed by atoms with van der Waals surface area (Å²) in [4.78, 5) is 6.54. The highest BCUT2D eigenvalue weighted by atomic mass is 32.2. The van der Waals surface area contributed by atoms with Crippen LogP contribution in [0, 0.1) is 19.8 Å². The van der Waals surface area contributed by atoms with Gasteiger partial charge in [0.15, 0.2) is 0 Å². The first-order valence-electron chi connectivity index (χ1n) is 6.49. The van der Waals surface area contributed by atoms with Crippen molar-refractivity contribution < 1.29 is 12.8 Å². The van der Waals surface area contributed by atoms with E-state index in [-0.39, 0.29) is 11.7 Å². The van der Waals surface area contributed by atoms with Crippen molar-refractivity contribution in [2.24, 2.45) is 11.1 Å². The minimum atomic E-state index is -3.39. The smallest absolute Gasteiger partial charge is 0.209 e. The number of sulfonamides is 1. The Kier molecular flexibility index (Phi) is 4.27. The molecule has 0 amide bonds. The van der Waals surface area contributed by atoms with Crippen molar-refractivity contribution in [1.82, 2.24) is 9.88 Å². The molecule has 0 radical (unpaired) electrons. The van der Waals surface area contributed by atoms with Gasteiger partial charge in [-0.3, -0.25) is 4.90 Å². The lowest BCUT2D eigenvalue weighted by Crippen LogP contribution is -2.38. The monoisotopic (exact) mass is 287 g/mol. The molecule has 1 atom stereocenters. The second-order valence-electron chi connectivity index (χ2n) is 5.32. The average Bonchev–Trinajstić information content (AvgIpc) is 2.55. The summed E-state index contributed by atoms with van der Waals surface area (Å²) in [5, 5.41) is 5.11. The highest BCUT2D eigenvalue weighted by Gasteiger charge is 2.24. The van der Waals surface area contributed by atoms with Gasteiger partial charge in [0, 0.05) is 6.54 Å². The molecule has 19 heavy (non-hydrogen) atoms. The van der Waals surface area contributed by atoms with Crippen molar-refractivity contribution in [1.29, 1.82) is 0 Å². The Bertz CT molecular complexity index is 519. The Hall–Kier alpha value is -0.920. The van der Waals surface area contributed by atoms with Crippen LogP contribution in [0.5, 0.6) is 0 Å². The molecule has 2 rings (SSSR count). The number of oxazole rings is 1. The fraction of sp³-hybridized carbons (Fsp3) is 0.750. The largest absolute Gasteiger partial charge is 0.444 e. The van der Waals surface area contributed by atoms with Gasteiger partial charge in [-0.1, -0.05) is 0 Å². The molecule has 7 heteroatoms. The Balaban J connectivity index is 1.94. The lowest BCUT2D eigenvalue weighted by Gasteiger charge is -2.31. The minimum absolute atomic E-state index is 0.0626. The molecule has 1 aromatic heterocycles. The van der Waals surface area contributed by atoms with E-state index in [0.717, 1.165) is 37.4 Å². The van der Waals surface area contributed by atoms with Crippen LogP contribution >= 0.6 is 0 Å². The zero-order valence-electron chi connectivity index (χ0n) is 11.4. The van der Waals surface area contributed by atoms with E-state index in [2.05, 4.69) is 9.88 Å². The topological polar surface area (TPSA) is 89.4 Å².